The molecule has 0 saturated heterocycles. The fourth-order valence-corrected chi connectivity index (χ4v) is 15.5. The molecule has 6 aliphatic rings. The van der Waals surface area contributed by atoms with Crippen LogP contribution in [-0.2, 0) is 16.2 Å². The number of fused-ring (bicyclic) bond motifs is 10. The molecule has 0 amide bonds. The lowest BCUT2D eigenvalue weighted by Crippen LogP contribution is -2.56. The molecule has 4 heterocycles. The second-order valence-electron chi connectivity index (χ2n) is 26.9. The SMILES string of the molecule is CC1CCC(C)(C)C2CC3=C(C=C12)B1c2sc4cc5c(cc4c2N(C2=CC(C(C)(C)C)C(C(C)C)C=C2)c2cc(C(C)(C)C)cc(c21)N3c1cccc2c1oc1ccccc12)C(C)(C)CCC5(C)C. The number of hydrogen-bond acceptors (Lipinski definition) is 4. The van der Waals surface area contributed by atoms with Gasteiger partial charge in [-0.25, -0.2) is 0 Å². The average molecular weight is 931 g/mol. The summed E-state index contributed by atoms with van der Waals surface area (Å²) in [5, 5.41) is 3.78. The van der Waals surface area contributed by atoms with Gasteiger partial charge < -0.3 is 14.2 Å². The number of nitrogens with zero attached hydrogens (tertiary/aromatic N) is 2. The summed E-state index contributed by atoms with van der Waals surface area (Å²) in [6.07, 6.45) is 16.5. The summed E-state index contributed by atoms with van der Waals surface area (Å²) in [6.45, 7) is 37.1. The van der Waals surface area contributed by atoms with Crippen molar-refractivity contribution in [3.05, 3.63) is 130 Å². The normalized spacial score (nSPS) is 24.6. The highest BCUT2D eigenvalue weighted by Crippen LogP contribution is 2.58. The zero-order chi connectivity index (χ0) is 48.6. The summed E-state index contributed by atoms with van der Waals surface area (Å²) in [5.41, 5.74) is 19.3. The van der Waals surface area contributed by atoms with Crippen molar-refractivity contribution in [2.24, 2.45) is 40.4 Å². The summed E-state index contributed by atoms with van der Waals surface area (Å²) < 4.78 is 9.98. The van der Waals surface area contributed by atoms with Gasteiger partial charge in [-0.2, -0.15) is 0 Å². The van der Waals surface area contributed by atoms with Crippen LogP contribution in [0.2, 0.25) is 0 Å². The van der Waals surface area contributed by atoms with Crippen LogP contribution in [0.3, 0.4) is 0 Å². The molecule has 69 heavy (non-hydrogen) atoms. The molecule has 4 aliphatic carbocycles. The summed E-state index contributed by atoms with van der Waals surface area (Å²) in [5.74, 6) is 2.39. The van der Waals surface area contributed by atoms with Gasteiger partial charge in [-0.3, -0.25) is 0 Å². The van der Waals surface area contributed by atoms with Crippen molar-refractivity contribution in [3.63, 3.8) is 0 Å². The van der Waals surface area contributed by atoms with Crippen molar-refractivity contribution >= 4 is 83.1 Å². The van der Waals surface area contributed by atoms with Gasteiger partial charge in [-0.05, 0) is 159 Å². The summed E-state index contributed by atoms with van der Waals surface area (Å²) in [4.78, 5) is 5.51. The molecule has 1 saturated carbocycles. The highest BCUT2D eigenvalue weighted by atomic mass is 32.1. The van der Waals surface area contributed by atoms with E-state index in [0.29, 0.717) is 29.6 Å². The van der Waals surface area contributed by atoms with Gasteiger partial charge in [-0.15, -0.1) is 11.3 Å². The third-order valence-corrected chi connectivity index (χ3v) is 19.8. The predicted octanol–water partition coefficient (Wildman–Crippen LogP) is 17.2. The Balaban J connectivity index is 1.23. The number of thiophene rings is 1. The van der Waals surface area contributed by atoms with Crippen LogP contribution >= 0.6 is 11.3 Å². The molecule has 0 N–H and O–H groups in total. The topological polar surface area (TPSA) is 19.6 Å². The molecule has 3 nitrogen and oxygen atoms in total. The van der Waals surface area contributed by atoms with Crippen LogP contribution in [0.4, 0.5) is 22.7 Å². The predicted molar refractivity (Wildman–Crippen MR) is 299 cm³/mol. The first-order valence-electron chi connectivity index (χ1n) is 26.6. The van der Waals surface area contributed by atoms with E-state index in [4.69, 9.17) is 4.42 Å². The Labute approximate surface area is 417 Å². The Hall–Kier alpha value is -4.74. The highest BCUT2D eigenvalue weighted by molar-refractivity contribution is 7.33. The molecule has 0 spiro atoms. The molecule has 2 aliphatic heterocycles. The number of para-hydroxylation sites is 2. The Morgan fingerprint density at radius 3 is 2.14 bits per heavy atom. The maximum absolute atomic E-state index is 7.05. The largest absolute Gasteiger partial charge is 0.454 e. The first kappa shape index (κ1) is 45.4. The molecule has 5 heteroatoms. The van der Waals surface area contributed by atoms with E-state index in [0.717, 1.165) is 23.3 Å². The van der Waals surface area contributed by atoms with Crippen LogP contribution in [0.1, 0.15) is 153 Å². The molecule has 2 aromatic heterocycles. The number of allylic oxidation sites excluding steroid dienone is 7. The minimum absolute atomic E-state index is 0.0846. The Kier molecular flexibility index (Phi) is 9.81. The highest BCUT2D eigenvalue weighted by Gasteiger charge is 2.52. The molecule has 4 unspecified atom stereocenters. The molecule has 4 aromatic carbocycles. The van der Waals surface area contributed by atoms with Crippen LogP contribution in [0.15, 0.2) is 118 Å². The third kappa shape index (κ3) is 6.70. The second kappa shape index (κ2) is 14.9. The van der Waals surface area contributed by atoms with E-state index < -0.39 is 0 Å². The number of anilines is 4. The smallest absolute Gasteiger partial charge is 0.264 e. The van der Waals surface area contributed by atoms with Crippen molar-refractivity contribution in [2.75, 3.05) is 9.80 Å². The van der Waals surface area contributed by atoms with Gasteiger partial charge in [0, 0.05) is 48.4 Å². The van der Waals surface area contributed by atoms with E-state index >= 15 is 0 Å². The van der Waals surface area contributed by atoms with E-state index in [1.165, 1.54) is 102 Å². The zero-order valence-electron chi connectivity index (χ0n) is 44.4. The third-order valence-electron chi connectivity index (χ3n) is 18.6. The summed E-state index contributed by atoms with van der Waals surface area (Å²) in [6, 6.07) is 26.1. The van der Waals surface area contributed by atoms with E-state index in [2.05, 4.69) is 216 Å². The van der Waals surface area contributed by atoms with Crippen molar-refractivity contribution in [1.29, 1.82) is 0 Å². The Morgan fingerprint density at radius 1 is 0.768 bits per heavy atom. The summed E-state index contributed by atoms with van der Waals surface area (Å²) >= 11 is 2.10. The second-order valence-corrected chi connectivity index (χ2v) is 28.0. The number of benzene rings is 4. The fourth-order valence-electron chi connectivity index (χ4n) is 14.2. The molecule has 12 rings (SSSR count). The number of hydrogen-bond donors (Lipinski definition) is 0. The molecule has 0 bridgehead atoms. The lowest BCUT2D eigenvalue weighted by molar-refractivity contribution is 0.161. The van der Waals surface area contributed by atoms with E-state index in [1.807, 2.05) is 0 Å². The molecule has 0 radical (unpaired) electrons. The lowest BCUT2D eigenvalue weighted by atomic mass is 9.34. The lowest BCUT2D eigenvalue weighted by Gasteiger charge is -2.51. The van der Waals surface area contributed by atoms with Gasteiger partial charge in [0.15, 0.2) is 5.58 Å². The first-order chi connectivity index (χ1) is 32.4. The maximum atomic E-state index is 7.05. The molecule has 4 atom stereocenters. The van der Waals surface area contributed by atoms with Crippen LogP contribution in [0, 0.1) is 40.4 Å². The van der Waals surface area contributed by atoms with Gasteiger partial charge in [-0.1, -0.05) is 158 Å². The van der Waals surface area contributed by atoms with E-state index in [1.54, 1.807) is 11.1 Å². The van der Waals surface area contributed by atoms with Crippen LogP contribution < -0.4 is 20.0 Å². The van der Waals surface area contributed by atoms with Crippen molar-refractivity contribution in [3.8, 4) is 0 Å². The van der Waals surface area contributed by atoms with Gasteiger partial charge in [0.25, 0.3) is 6.71 Å². The van der Waals surface area contributed by atoms with Crippen LogP contribution in [-0.4, -0.2) is 6.71 Å². The van der Waals surface area contributed by atoms with Crippen molar-refractivity contribution in [1.82, 2.24) is 0 Å². The van der Waals surface area contributed by atoms with Crippen LogP contribution in [0.5, 0.6) is 0 Å². The van der Waals surface area contributed by atoms with Gasteiger partial charge in [0.2, 0.25) is 0 Å². The summed E-state index contributed by atoms with van der Waals surface area (Å²) in [7, 11) is 0. The zero-order valence-corrected chi connectivity index (χ0v) is 45.2. The number of rotatable bonds is 3. The minimum atomic E-state index is -0.113. The molecular weight excluding hydrogens is 856 g/mol. The fraction of sp³-hybridized carbons (Fsp3) is 0.469. The van der Waals surface area contributed by atoms with Crippen LogP contribution in [0.25, 0.3) is 32.0 Å². The Morgan fingerprint density at radius 2 is 1.45 bits per heavy atom. The quantitative estimate of drug-likeness (QED) is 0.165. The first-order valence-corrected chi connectivity index (χ1v) is 27.4. The standard InChI is InChI=1S/C64H75BN2OS/c1-36(2)40-24-23-39(31-45(40)61(7,8)9)66-52-29-38(60(4,5)6)30-53-56(52)65(59-57(66)44-32-47-48(35-55(44)69-59)64(14,15)28-27-63(47,12)13)49-33-43-37(3)25-26-62(10,11)46(43)34-51(49)67(53)50-21-18-20-42-41-19-16-17-22-54(41)68-58(42)50/h16-24,29-33,35-37,40,45-46H,25-28,34H2,1-15H3. The van der Waals surface area contributed by atoms with E-state index in [9.17, 15) is 0 Å². The average Bonchev–Trinajstić information content (AvgIpc) is 3.86. The monoisotopic (exact) mass is 931 g/mol. The van der Waals surface area contributed by atoms with Crippen molar-refractivity contribution in [2.45, 2.75) is 152 Å². The number of furan rings is 1. The van der Waals surface area contributed by atoms with Crippen molar-refractivity contribution < 1.29 is 4.42 Å². The molecule has 356 valence electrons. The maximum Gasteiger partial charge on any atom is 0.264 e. The van der Waals surface area contributed by atoms with Gasteiger partial charge in [0.05, 0.1) is 11.4 Å². The van der Waals surface area contributed by atoms with Gasteiger partial charge >= 0.3 is 0 Å². The molecule has 1 fully saturated rings. The minimum Gasteiger partial charge on any atom is -0.454 e. The van der Waals surface area contributed by atoms with E-state index in [-0.39, 0.29) is 33.8 Å². The molecular formula is C64H75BN2OS. The molecule has 6 aromatic rings. The Bertz CT molecular complexity index is 3290. The van der Waals surface area contributed by atoms with Gasteiger partial charge in [0.1, 0.15) is 5.58 Å².